The average molecular weight is 216 g/mol. The minimum atomic E-state index is 0.164. The van der Waals surface area contributed by atoms with Gasteiger partial charge in [0.25, 0.3) is 0 Å². The van der Waals surface area contributed by atoms with Gasteiger partial charge in [0.05, 0.1) is 11.6 Å². The molecule has 0 aromatic heterocycles. The molecule has 0 aliphatic carbocycles. The Morgan fingerprint density at radius 1 is 1.38 bits per heavy atom. The maximum Gasteiger partial charge on any atom is 0.0991 e. The van der Waals surface area contributed by atoms with E-state index in [9.17, 15) is 0 Å². The van der Waals surface area contributed by atoms with E-state index < -0.39 is 0 Å². The number of benzene rings is 1. The highest BCUT2D eigenvalue weighted by molar-refractivity contribution is 5.32. The summed E-state index contributed by atoms with van der Waals surface area (Å²) < 4.78 is 0. The molecule has 16 heavy (non-hydrogen) atoms. The zero-order chi connectivity index (χ0) is 12.0. The van der Waals surface area contributed by atoms with Crippen LogP contribution in [0.15, 0.2) is 24.3 Å². The Labute approximate surface area is 98.3 Å². The number of nitrogens with one attached hydrogen (secondary N) is 1. The van der Waals surface area contributed by atoms with Crippen LogP contribution in [0.4, 0.5) is 0 Å². The van der Waals surface area contributed by atoms with Crippen LogP contribution in [-0.4, -0.2) is 5.54 Å². The van der Waals surface area contributed by atoms with E-state index in [0.29, 0.717) is 0 Å². The lowest BCUT2D eigenvalue weighted by Gasteiger charge is -2.26. The summed E-state index contributed by atoms with van der Waals surface area (Å²) in [6.45, 7) is 7.44. The normalized spacial score (nSPS) is 11.1. The van der Waals surface area contributed by atoms with Crippen molar-refractivity contribution in [2.45, 2.75) is 45.7 Å². The maximum atomic E-state index is 8.80. The topological polar surface area (TPSA) is 35.8 Å². The molecule has 0 radical (unpaired) electrons. The standard InChI is InChI=1S/C14H20N2/c1-4-8-14(2,3)16-11-13-7-5-6-12(9-13)10-15/h5-7,9,16H,4,8,11H2,1-3H3. The fraction of sp³-hybridized carbons (Fsp3) is 0.500. The van der Waals surface area contributed by atoms with Gasteiger partial charge in [0, 0.05) is 12.1 Å². The van der Waals surface area contributed by atoms with Gasteiger partial charge in [-0.3, -0.25) is 0 Å². The molecule has 2 nitrogen and oxygen atoms in total. The lowest BCUT2D eigenvalue weighted by atomic mass is 9.98. The minimum Gasteiger partial charge on any atom is -0.308 e. The van der Waals surface area contributed by atoms with Crippen molar-refractivity contribution in [1.82, 2.24) is 5.32 Å². The number of nitrogens with zero attached hydrogens (tertiary/aromatic N) is 1. The highest BCUT2D eigenvalue weighted by Gasteiger charge is 2.14. The van der Waals surface area contributed by atoms with E-state index >= 15 is 0 Å². The fourth-order valence-corrected chi connectivity index (χ4v) is 1.81. The Morgan fingerprint density at radius 3 is 2.75 bits per heavy atom. The number of hydrogen-bond acceptors (Lipinski definition) is 2. The second-order valence-electron chi connectivity index (χ2n) is 4.80. The van der Waals surface area contributed by atoms with Crippen LogP contribution in [0, 0.1) is 11.3 Å². The van der Waals surface area contributed by atoms with E-state index in [1.807, 2.05) is 18.2 Å². The van der Waals surface area contributed by atoms with Gasteiger partial charge >= 0.3 is 0 Å². The van der Waals surface area contributed by atoms with E-state index in [-0.39, 0.29) is 5.54 Å². The zero-order valence-corrected chi connectivity index (χ0v) is 10.4. The van der Waals surface area contributed by atoms with Gasteiger partial charge in [-0.05, 0) is 38.0 Å². The molecular formula is C14H20N2. The summed E-state index contributed by atoms with van der Waals surface area (Å²) in [4.78, 5) is 0. The molecule has 1 aromatic rings. The van der Waals surface area contributed by atoms with Crippen molar-refractivity contribution in [1.29, 1.82) is 5.26 Å². The molecule has 0 atom stereocenters. The van der Waals surface area contributed by atoms with Crippen LogP contribution < -0.4 is 5.32 Å². The summed E-state index contributed by atoms with van der Waals surface area (Å²) in [6, 6.07) is 9.92. The predicted molar refractivity (Wildman–Crippen MR) is 67.0 cm³/mol. The largest absolute Gasteiger partial charge is 0.308 e. The Hall–Kier alpha value is -1.33. The minimum absolute atomic E-state index is 0.164. The first-order valence-electron chi connectivity index (χ1n) is 5.81. The molecule has 86 valence electrons. The van der Waals surface area contributed by atoms with Crippen LogP contribution in [0.25, 0.3) is 0 Å². The smallest absolute Gasteiger partial charge is 0.0991 e. The SMILES string of the molecule is CCCC(C)(C)NCc1cccc(C#N)c1. The maximum absolute atomic E-state index is 8.80. The van der Waals surface area contributed by atoms with Crippen LogP contribution in [0.1, 0.15) is 44.7 Å². The van der Waals surface area contributed by atoms with Crippen LogP contribution in [-0.2, 0) is 6.54 Å². The molecule has 0 unspecified atom stereocenters. The summed E-state index contributed by atoms with van der Waals surface area (Å²) in [5, 5.41) is 12.3. The van der Waals surface area contributed by atoms with Crippen LogP contribution in [0.5, 0.6) is 0 Å². The van der Waals surface area contributed by atoms with Gasteiger partial charge in [0.15, 0.2) is 0 Å². The molecule has 0 spiro atoms. The third-order valence-corrected chi connectivity index (χ3v) is 2.70. The van der Waals surface area contributed by atoms with E-state index in [4.69, 9.17) is 5.26 Å². The number of rotatable bonds is 5. The summed E-state index contributed by atoms with van der Waals surface area (Å²) in [7, 11) is 0. The van der Waals surface area contributed by atoms with Crippen molar-refractivity contribution in [2.75, 3.05) is 0 Å². The lowest BCUT2D eigenvalue weighted by Crippen LogP contribution is -2.38. The van der Waals surface area contributed by atoms with Gasteiger partial charge in [-0.25, -0.2) is 0 Å². The monoisotopic (exact) mass is 216 g/mol. The lowest BCUT2D eigenvalue weighted by molar-refractivity contribution is 0.357. The first-order chi connectivity index (χ1) is 7.57. The van der Waals surface area contributed by atoms with Crippen molar-refractivity contribution in [3.05, 3.63) is 35.4 Å². The zero-order valence-electron chi connectivity index (χ0n) is 10.4. The Kier molecular flexibility index (Phi) is 4.52. The van der Waals surface area contributed by atoms with Crippen molar-refractivity contribution < 1.29 is 0 Å². The quantitative estimate of drug-likeness (QED) is 0.820. The third kappa shape index (κ3) is 4.04. The molecule has 0 aliphatic heterocycles. The predicted octanol–water partition coefficient (Wildman–Crippen LogP) is 3.23. The van der Waals surface area contributed by atoms with Crippen LogP contribution in [0.2, 0.25) is 0 Å². The van der Waals surface area contributed by atoms with Crippen molar-refractivity contribution >= 4 is 0 Å². The molecule has 0 aliphatic rings. The first-order valence-corrected chi connectivity index (χ1v) is 5.81. The van der Waals surface area contributed by atoms with Gasteiger partial charge in [0.2, 0.25) is 0 Å². The molecule has 1 N–H and O–H groups in total. The molecule has 0 bridgehead atoms. The second-order valence-corrected chi connectivity index (χ2v) is 4.80. The van der Waals surface area contributed by atoms with Gasteiger partial charge < -0.3 is 5.32 Å². The summed E-state index contributed by atoms with van der Waals surface area (Å²) in [6.07, 6.45) is 2.34. The van der Waals surface area contributed by atoms with Crippen molar-refractivity contribution in [3.63, 3.8) is 0 Å². The molecular weight excluding hydrogens is 196 g/mol. The van der Waals surface area contributed by atoms with Crippen molar-refractivity contribution in [3.8, 4) is 6.07 Å². The van der Waals surface area contributed by atoms with E-state index in [1.165, 1.54) is 12.0 Å². The molecule has 0 heterocycles. The van der Waals surface area contributed by atoms with E-state index in [1.54, 1.807) is 0 Å². The molecule has 0 amide bonds. The highest BCUT2D eigenvalue weighted by Crippen LogP contribution is 2.12. The van der Waals surface area contributed by atoms with E-state index in [0.717, 1.165) is 18.5 Å². The molecule has 0 saturated carbocycles. The Morgan fingerprint density at radius 2 is 2.12 bits per heavy atom. The fourth-order valence-electron chi connectivity index (χ4n) is 1.81. The highest BCUT2D eigenvalue weighted by atomic mass is 14.9. The third-order valence-electron chi connectivity index (χ3n) is 2.70. The van der Waals surface area contributed by atoms with Gasteiger partial charge in [-0.2, -0.15) is 5.26 Å². The van der Waals surface area contributed by atoms with E-state index in [2.05, 4.69) is 38.2 Å². The first kappa shape index (κ1) is 12.7. The Balaban J connectivity index is 2.58. The van der Waals surface area contributed by atoms with Gasteiger partial charge in [-0.15, -0.1) is 0 Å². The average Bonchev–Trinajstić information content (AvgIpc) is 2.27. The molecule has 1 aromatic carbocycles. The summed E-state index contributed by atoms with van der Waals surface area (Å²) >= 11 is 0. The van der Waals surface area contributed by atoms with Gasteiger partial charge in [-0.1, -0.05) is 25.5 Å². The van der Waals surface area contributed by atoms with Gasteiger partial charge in [0.1, 0.15) is 0 Å². The second kappa shape index (κ2) is 5.67. The molecule has 0 saturated heterocycles. The molecule has 2 heteroatoms. The number of hydrogen-bond donors (Lipinski definition) is 1. The van der Waals surface area contributed by atoms with Crippen molar-refractivity contribution in [2.24, 2.45) is 0 Å². The summed E-state index contributed by atoms with van der Waals surface area (Å²) in [5.41, 5.74) is 2.06. The van der Waals surface area contributed by atoms with Crippen LogP contribution in [0.3, 0.4) is 0 Å². The Bertz CT molecular complexity index is 375. The summed E-state index contributed by atoms with van der Waals surface area (Å²) in [5.74, 6) is 0. The number of nitriles is 1. The molecule has 0 fully saturated rings. The molecule has 1 rings (SSSR count). The van der Waals surface area contributed by atoms with Crippen LogP contribution >= 0.6 is 0 Å².